The summed E-state index contributed by atoms with van der Waals surface area (Å²) in [5, 5.41) is 4.59. The van der Waals surface area contributed by atoms with Gasteiger partial charge < -0.3 is 4.74 Å². The van der Waals surface area contributed by atoms with Gasteiger partial charge in [0.25, 0.3) is 0 Å². The number of hydrogen-bond donors (Lipinski definition) is 0. The van der Waals surface area contributed by atoms with Crippen molar-refractivity contribution in [2.45, 2.75) is 12.6 Å². The fourth-order valence-electron chi connectivity index (χ4n) is 4.20. The predicted molar refractivity (Wildman–Crippen MR) is 106 cm³/mol. The van der Waals surface area contributed by atoms with Crippen molar-refractivity contribution in [3.8, 4) is 0 Å². The smallest absolute Gasteiger partial charge is 0.0999 e. The molecule has 2 aliphatic heterocycles. The number of ether oxygens (including phenoxy) is 1. The molecule has 2 aromatic rings. The van der Waals surface area contributed by atoms with Crippen LogP contribution in [0.2, 0.25) is 0 Å². The highest BCUT2D eigenvalue weighted by Gasteiger charge is 2.25. The zero-order valence-electron chi connectivity index (χ0n) is 15.4. The summed E-state index contributed by atoms with van der Waals surface area (Å²) in [5.74, 6) is 0. The van der Waals surface area contributed by atoms with Crippen LogP contribution < -0.4 is 10.4 Å². The van der Waals surface area contributed by atoms with Crippen LogP contribution in [0.1, 0.15) is 17.2 Å². The average molecular weight is 360 g/mol. The average Bonchev–Trinajstić information content (AvgIpc) is 2.74. The van der Waals surface area contributed by atoms with Crippen LogP contribution in [0.5, 0.6) is 0 Å². The van der Waals surface area contributed by atoms with Gasteiger partial charge in [0.05, 0.1) is 32.4 Å². The first-order valence-corrected chi connectivity index (χ1v) is 9.66. The Morgan fingerprint density at radius 3 is 2.70 bits per heavy atom. The molecule has 2 heterocycles. The lowest BCUT2D eigenvalue weighted by Crippen LogP contribution is -2.46. The topological polar surface area (TPSA) is 24.9 Å². The molecule has 0 bridgehead atoms. The second kappa shape index (κ2) is 7.31. The van der Waals surface area contributed by atoms with Crippen LogP contribution in [0.4, 0.5) is 0 Å². The van der Waals surface area contributed by atoms with E-state index in [4.69, 9.17) is 9.57 Å². The molecule has 0 spiro atoms. The van der Waals surface area contributed by atoms with Gasteiger partial charge in [-0.25, -0.2) is 0 Å². The molecule has 1 unspecified atom stereocenters. The Hall–Kier alpha value is -2.40. The Labute approximate surface area is 159 Å². The molecule has 138 valence electrons. The third-order valence-electron chi connectivity index (χ3n) is 5.54. The zero-order valence-corrected chi connectivity index (χ0v) is 15.4. The molecule has 1 fully saturated rings. The van der Waals surface area contributed by atoms with Gasteiger partial charge in [-0.05, 0) is 21.9 Å². The van der Waals surface area contributed by atoms with Crippen LogP contribution in [-0.4, -0.2) is 42.8 Å². The van der Waals surface area contributed by atoms with E-state index in [9.17, 15) is 0 Å². The summed E-state index contributed by atoms with van der Waals surface area (Å²) in [7, 11) is 0. The standard InChI is InChI=1S/C23H24N2O2/c1-2-5-18(6-3-1)17-27-25-15-19-7-4-8-21-22(24-11-13-26-14-12-24)10-9-20(16-25)23(19)21/h1-10,15,22H,11-14,16-17H2. The highest BCUT2D eigenvalue weighted by molar-refractivity contribution is 5.65. The minimum absolute atomic E-state index is 0.345. The van der Waals surface area contributed by atoms with Crippen molar-refractivity contribution >= 4 is 11.8 Å². The van der Waals surface area contributed by atoms with E-state index in [0.717, 1.165) is 32.8 Å². The lowest BCUT2D eigenvalue weighted by Gasteiger charge is -2.36. The minimum Gasteiger partial charge on any atom is -0.379 e. The van der Waals surface area contributed by atoms with E-state index >= 15 is 0 Å². The highest BCUT2D eigenvalue weighted by Crippen LogP contribution is 2.25. The van der Waals surface area contributed by atoms with Gasteiger partial charge in [0.2, 0.25) is 0 Å². The first kappa shape index (κ1) is 16.8. The van der Waals surface area contributed by atoms with Crippen LogP contribution in [0, 0.1) is 0 Å². The first-order chi connectivity index (χ1) is 13.4. The molecule has 27 heavy (non-hydrogen) atoms. The third-order valence-corrected chi connectivity index (χ3v) is 5.54. The Morgan fingerprint density at radius 1 is 1.00 bits per heavy atom. The molecule has 1 atom stereocenters. The molecular formula is C23H24N2O2. The van der Waals surface area contributed by atoms with Crippen molar-refractivity contribution in [1.29, 1.82) is 0 Å². The maximum atomic E-state index is 6.06. The van der Waals surface area contributed by atoms with Crippen molar-refractivity contribution < 1.29 is 9.57 Å². The van der Waals surface area contributed by atoms with Crippen LogP contribution in [0.3, 0.4) is 0 Å². The molecule has 0 N–H and O–H groups in total. The lowest BCUT2D eigenvalue weighted by molar-refractivity contribution is -0.107. The monoisotopic (exact) mass is 360 g/mol. The zero-order chi connectivity index (χ0) is 18.1. The maximum Gasteiger partial charge on any atom is 0.0999 e. The van der Waals surface area contributed by atoms with Gasteiger partial charge in [-0.3, -0.25) is 14.8 Å². The van der Waals surface area contributed by atoms with E-state index in [-0.39, 0.29) is 0 Å². The van der Waals surface area contributed by atoms with Gasteiger partial charge in [-0.1, -0.05) is 60.7 Å². The number of benzene rings is 2. The highest BCUT2D eigenvalue weighted by atomic mass is 16.7. The quantitative estimate of drug-likeness (QED) is 0.832. The number of rotatable bonds is 4. The number of hydrogen-bond acceptors (Lipinski definition) is 4. The van der Waals surface area contributed by atoms with Gasteiger partial charge in [0.15, 0.2) is 0 Å². The molecule has 4 heteroatoms. The van der Waals surface area contributed by atoms with Gasteiger partial charge in [-0.15, -0.1) is 0 Å². The van der Waals surface area contributed by atoms with Gasteiger partial charge in [-0.2, -0.15) is 0 Å². The second-order valence-corrected chi connectivity index (χ2v) is 7.25. The number of nitrogens with zero attached hydrogens (tertiary/aromatic N) is 2. The van der Waals surface area contributed by atoms with E-state index in [1.54, 1.807) is 0 Å². The van der Waals surface area contributed by atoms with Gasteiger partial charge >= 0.3 is 0 Å². The van der Waals surface area contributed by atoms with Crippen molar-refractivity contribution in [2.75, 3.05) is 32.8 Å². The SMILES string of the molecule is C1=CC(N2CCOCC2)c2cccc3c2=C1CN(OCc1ccccc1)C=3. The minimum atomic E-state index is 0.345. The van der Waals surface area contributed by atoms with Crippen molar-refractivity contribution in [2.24, 2.45) is 0 Å². The molecular weight excluding hydrogens is 336 g/mol. The van der Waals surface area contributed by atoms with Gasteiger partial charge in [0, 0.05) is 24.5 Å². The fourth-order valence-corrected chi connectivity index (χ4v) is 4.20. The molecule has 1 saturated heterocycles. The molecule has 0 radical (unpaired) electrons. The Morgan fingerprint density at radius 2 is 1.85 bits per heavy atom. The summed E-state index contributed by atoms with van der Waals surface area (Å²) < 4.78 is 5.53. The fraction of sp³-hybridized carbons (Fsp3) is 0.304. The Balaban J connectivity index is 1.43. The molecule has 0 amide bonds. The molecule has 0 aromatic heterocycles. The normalized spacial score (nSPS) is 21.7. The summed E-state index contributed by atoms with van der Waals surface area (Å²) in [6.07, 6.45) is 6.77. The van der Waals surface area contributed by atoms with Gasteiger partial charge in [0.1, 0.15) is 0 Å². The maximum absolute atomic E-state index is 6.06. The Bertz CT molecular complexity index is 962. The van der Waals surface area contributed by atoms with Crippen molar-refractivity contribution in [3.05, 3.63) is 82.2 Å². The van der Waals surface area contributed by atoms with E-state index in [2.05, 4.69) is 53.6 Å². The summed E-state index contributed by atoms with van der Waals surface area (Å²) >= 11 is 0. The molecule has 1 aliphatic carbocycles. The Kier molecular flexibility index (Phi) is 4.54. The van der Waals surface area contributed by atoms with Crippen molar-refractivity contribution in [3.63, 3.8) is 0 Å². The first-order valence-electron chi connectivity index (χ1n) is 9.66. The molecule has 3 aliphatic rings. The van der Waals surface area contributed by atoms with E-state index in [1.807, 2.05) is 23.3 Å². The molecule has 0 saturated carbocycles. The predicted octanol–water partition coefficient (Wildman–Crippen LogP) is 1.97. The van der Waals surface area contributed by atoms with E-state index in [1.165, 1.54) is 27.1 Å². The van der Waals surface area contributed by atoms with Crippen molar-refractivity contribution in [1.82, 2.24) is 9.96 Å². The number of hydroxylamine groups is 2. The van der Waals surface area contributed by atoms with E-state index < -0.39 is 0 Å². The molecule has 5 rings (SSSR count). The lowest BCUT2D eigenvalue weighted by atomic mass is 9.91. The summed E-state index contributed by atoms with van der Waals surface area (Å²) in [4.78, 5) is 8.58. The molecule has 4 nitrogen and oxygen atoms in total. The summed E-state index contributed by atoms with van der Waals surface area (Å²) in [6, 6.07) is 17.3. The van der Waals surface area contributed by atoms with Crippen LogP contribution >= 0.6 is 0 Å². The van der Waals surface area contributed by atoms with Crippen LogP contribution in [0.25, 0.3) is 11.8 Å². The number of morpholine rings is 1. The van der Waals surface area contributed by atoms with Crippen LogP contribution in [-0.2, 0) is 16.2 Å². The van der Waals surface area contributed by atoms with E-state index in [0.29, 0.717) is 12.6 Å². The largest absolute Gasteiger partial charge is 0.379 e. The van der Waals surface area contributed by atoms with Crippen LogP contribution in [0.15, 0.2) is 60.7 Å². The third kappa shape index (κ3) is 3.32. The summed E-state index contributed by atoms with van der Waals surface area (Å²) in [6.45, 7) is 4.99. The second-order valence-electron chi connectivity index (χ2n) is 7.25. The summed E-state index contributed by atoms with van der Waals surface area (Å²) in [5.41, 5.74) is 3.92. The molecule has 2 aromatic carbocycles.